The van der Waals surface area contributed by atoms with Crippen LogP contribution in [0.5, 0.6) is 0 Å². The van der Waals surface area contributed by atoms with Gasteiger partial charge in [0.1, 0.15) is 0 Å². The van der Waals surface area contributed by atoms with Crippen LogP contribution in [0, 0.1) is 0 Å². The zero-order valence-corrected chi connectivity index (χ0v) is 13.4. The van der Waals surface area contributed by atoms with Crippen molar-refractivity contribution in [3.63, 3.8) is 0 Å². The first-order chi connectivity index (χ1) is 6.89. The van der Waals surface area contributed by atoms with Crippen molar-refractivity contribution in [3.8, 4) is 0 Å². The van der Waals surface area contributed by atoms with Gasteiger partial charge in [-0.15, -0.1) is 0 Å². The van der Waals surface area contributed by atoms with Crippen molar-refractivity contribution in [1.82, 2.24) is 0 Å². The number of nitrogens with two attached hydrogens (primary N) is 1. The van der Waals surface area contributed by atoms with Gasteiger partial charge in [-0.25, -0.2) is 0 Å². The standard InChI is InChI=1S/C8H23NO3Si3/c1-10-14(3,4)12-15(5,11-13-2)8-6-7-9/h6-9H2,1-5H3. The second-order valence-electron chi connectivity index (χ2n) is 4.04. The van der Waals surface area contributed by atoms with Crippen molar-refractivity contribution in [1.29, 1.82) is 0 Å². The summed E-state index contributed by atoms with van der Waals surface area (Å²) in [5, 5.41) is 0. The van der Waals surface area contributed by atoms with Gasteiger partial charge in [0.25, 0.3) is 0 Å². The fourth-order valence-electron chi connectivity index (χ4n) is 1.32. The van der Waals surface area contributed by atoms with Crippen LogP contribution in [-0.2, 0) is 12.7 Å². The molecule has 0 bridgehead atoms. The molecule has 4 nitrogen and oxygen atoms in total. The van der Waals surface area contributed by atoms with Crippen LogP contribution in [0.1, 0.15) is 6.42 Å². The van der Waals surface area contributed by atoms with E-state index >= 15 is 0 Å². The van der Waals surface area contributed by atoms with E-state index in [2.05, 4.69) is 6.55 Å². The minimum absolute atomic E-state index is 0.470. The molecule has 0 amide bonds. The van der Waals surface area contributed by atoms with Gasteiger partial charge in [-0.3, -0.25) is 0 Å². The maximum atomic E-state index is 6.10. The van der Waals surface area contributed by atoms with Crippen molar-refractivity contribution in [2.45, 2.75) is 38.7 Å². The Morgan fingerprint density at radius 1 is 1.27 bits per heavy atom. The Morgan fingerprint density at radius 3 is 2.27 bits per heavy atom. The molecule has 0 rings (SSSR count). The molecule has 0 aromatic heterocycles. The minimum Gasteiger partial charge on any atom is -0.436 e. The largest absolute Gasteiger partial charge is 0.436 e. The van der Waals surface area contributed by atoms with Crippen LogP contribution in [0.2, 0.25) is 32.2 Å². The average molecular weight is 266 g/mol. The van der Waals surface area contributed by atoms with Crippen molar-refractivity contribution < 1.29 is 12.7 Å². The Bertz CT molecular complexity index is 183. The molecular formula is C8H23NO3Si3. The van der Waals surface area contributed by atoms with Gasteiger partial charge in [0.15, 0.2) is 0 Å². The van der Waals surface area contributed by atoms with Crippen LogP contribution < -0.4 is 5.73 Å². The van der Waals surface area contributed by atoms with E-state index in [1.165, 1.54) is 0 Å². The lowest BCUT2D eigenvalue weighted by atomic mass is 10.5. The molecule has 0 aromatic carbocycles. The Labute approximate surface area is 97.9 Å². The fourth-order valence-corrected chi connectivity index (χ4v) is 9.75. The Balaban J connectivity index is 4.35. The highest BCUT2D eigenvalue weighted by Gasteiger charge is 2.38. The van der Waals surface area contributed by atoms with Gasteiger partial charge >= 0.3 is 17.1 Å². The summed E-state index contributed by atoms with van der Waals surface area (Å²) in [7, 11) is -1.88. The molecule has 0 fully saturated rings. The molecule has 2 radical (unpaired) electrons. The zero-order valence-electron chi connectivity index (χ0n) is 10.4. The van der Waals surface area contributed by atoms with E-state index in [0.717, 1.165) is 12.5 Å². The van der Waals surface area contributed by atoms with Crippen LogP contribution in [-0.4, -0.2) is 40.5 Å². The second kappa shape index (κ2) is 6.94. The quantitative estimate of drug-likeness (QED) is 0.675. The van der Waals surface area contributed by atoms with Gasteiger partial charge in [0.2, 0.25) is 9.76 Å². The van der Waals surface area contributed by atoms with Gasteiger partial charge in [-0.2, -0.15) is 0 Å². The van der Waals surface area contributed by atoms with Crippen molar-refractivity contribution in [3.05, 3.63) is 0 Å². The van der Waals surface area contributed by atoms with Gasteiger partial charge in [-0.05, 0) is 45.2 Å². The lowest BCUT2D eigenvalue weighted by Crippen LogP contribution is -2.50. The van der Waals surface area contributed by atoms with Gasteiger partial charge < -0.3 is 18.4 Å². The highest BCUT2D eigenvalue weighted by atomic mass is 28.5. The summed E-state index contributed by atoms with van der Waals surface area (Å²) in [6.07, 6.45) is 0.960. The molecule has 0 heterocycles. The first-order valence-corrected chi connectivity index (χ1v) is 11.9. The predicted molar refractivity (Wildman–Crippen MR) is 68.4 cm³/mol. The molecule has 0 aliphatic rings. The monoisotopic (exact) mass is 265 g/mol. The van der Waals surface area contributed by atoms with Crippen molar-refractivity contribution in [2.75, 3.05) is 13.7 Å². The van der Waals surface area contributed by atoms with E-state index in [9.17, 15) is 0 Å². The van der Waals surface area contributed by atoms with E-state index in [1.807, 2.05) is 19.6 Å². The summed E-state index contributed by atoms with van der Waals surface area (Å²) in [5.41, 5.74) is 5.52. The van der Waals surface area contributed by atoms with E-state index in [1.54, 1.807) is 7.11 Å². The van der Waals surface area contributed by atoms with E-state index in [4.69, 9.17) is 18.4 Å². The molecule has 2 N–H and O–H groups in total. The predicted octanol–water partition coefficient (Wildman–Crippen LogP) is 1.46. The molecule has 15 heavy (non-hydrogen) atoms. The molecule has 1 unspecified atom stereocenters. The molecule has 0 spiro atoms. The van der Waals surface area contributed by atoms with Gasteiger partial charge in [-0.1, -0.05) is 0 Å². The normalized spacial score (nSPS) is 16.4. The Morgan fingerprint density at radius 2 is 1.87 bits per heavy atom. The highest BCUT2D eigenvalue weighted by molar-refractivity contribution is 6.81. The van der Waals surface area contributed by atoms with Crippen LogP contribution in [0.4, 0.5) is 0 Å². The number of hydrogen-bond acceptors (Lipinski definition) is 4. The third-order valence-electron chi connectivity index (χ3n) is 2.11. The molecule has 0 saturated heterocycles. The maximum Gasteiger partial charge on any atom is 0.322 e. The first kappa shape index (κ1) is 15.5. The van der Waals surface area contributed by atoms with E-state index < -0.39 is 17.1 Å². The highest BCUT2D eigenvalue weighted by Crippen LogP contribution is 2.21. The van der Waals surface area contributed by atoms with Crippen LogP contribution in [0.3, 0.4) is 0 Å². The summed E-state index contributed by atoms with van der Waals surface area (Å²) in [4.78, 5) is 0. The summed E-state index contributed by atoms with van der Waals surface area (Å²) >= 11 is 0. The Hall–Kier alpha value is 0.491. The second-order valence-corrected chi connectivity index (χ2v) is 12.1. The van der Waals surface area contributed by atoms with E-state index in [0.29, 0.717) is 16.3 Å². The third kappa shape index (κ3) is 6.61. The van der Waals surface area contributed by atoms with Gasteiger partial charge in [0.05, 0.1) is 0 Å². The summed E-state index contributed by atoms with van der Waals surface area (Å²) in [5.74, 6) is 0. The lowest BCUT2D eigenvalue weighted by molar-refractivity contribution is 0.279. The fraction of sp³-hybridized carbons (Fsp3) is 1.00. The van der Waals surface area contributed by atoms with Crippen LogP contribution >= 0.6 is 0 Å². The molecule has 1 atom stereocenters. The maximum absolute atomic E-state index is 6.10. The number of hydrogen-bond donors (Lipinski definition) is 1. The van der Waals surface area contributed by atoms with E-state index in [-0.39, 0.29) is 0 Å². The average Bonchev–Trinajstić information content (AvgIpc) is 2.14. The van der Waals surface area contributed by atoms with Crippen molar-refractivity contribution >= 4 is 26.9 Å². The Kier molecular flexibility index (Phi) is 7.17. The summed E-state index contributed by atoms with van der Waals surface area (Å²) in [6, 6.07) is 0.949. The molecule has 0 saturated carbocycles. The van der Waals surface area contributed by atoms with Crippen LogP contribution in [0.15, 0.2) is 0 Å². The van der Waals surface area contributed by atoms with Crippen molar-refractivity contribution in [2.24, 2.45) is 5.73 Å². The first-order valence-electron chi connectivity index (χ1n) is 5.19. The van der Waals surface area contributed by atoms with Crippen LogP contribution in [0.25, 0.3) is 0 Å². The molecule has 7 heteroatoms. The molecule has 0 aliphatic carbocycles. The SMILES string of the molecule is CO[Si](C)(C)O[Si](C)(CCCN)O[Si]C. The third-order valence-corrected chi connectivity index (χ3v) is 10.6. The minimum atomic E-state index is -2.06. The smallest absolute Gasteiger partial charge is 0.322 e. The van der Waals surface area contributed by atoms with Gasteiger partial charge in [0, 0.05) is 7.11 Å². The molecule has 0 aromatic rings. The summed E-state index contributed by atoms with van der Waals surface area (Å²) in [6.45, 7) is 8.91. The number of rotatable bonds is 8. The molecular weight excluding hydrogens is 242 g/mol. The zero-order chi connectivity index (χ0) is 11.9. The molecule has 90 valence electrons. The topological polar surface area (TPSA) is 53.7 Å². The lowest BCUT2D eigenvalue weighted by Gasteiger charge is -2.34. The summed E-state index contributed by atoms with van der Waals surface area (Å²) < 4.78 is 17.3. The molecule has 0 aliphatic heterocycles.